The molecule has 6 heteroatoms. The molecule has 3 rings (SSSR count). The van der Waals surface area contributed by atoms with E-state index in [0.29, 0.717) is 23.6 Å². The van der Waals surface area contributed by atoms with Gasteiger partial charge in [-0.3, -0.25) is 4.79 Å². The normalized spacial score (nSPS) is 12.3. The van der Waals surface area contributed by atoms with Crippen LogP contribution in [0, 0.1) is 0 Å². The van der Waals surface area contributed by atoms with Crippen molar-refractivity contribution in [2.24, 2.45) is 0 Å². The molecule has 0 unspecified atom stereocenters. The van der Waals surface area contributed by atoms with Gasteiger partial charge in [0.1, 0.15) is 0 Å². The second-order valence-electron chi connectivity index (χ2n) is 4.46. The number of nitrogens with one attached hydrogen (secondary N) is 1. The van der Waals surface area contributed by atoms with Crippen LogP contribution < -0.4 is 14.8 Å². The Labute approximate surface area is 138 Å². The molecule has 0 radical (unpaired) electrons. The fourth-order valence-corrected chi connectivity index (χ4v) is 2.86. The zero-order chi connectivity index (χ0) is 14.8. The predicted octanol–water partition coefficient (Wildman–Crippen LogP) is 3.87. The lowest BCUT2D eigenvalue weighted by atomic mass is 10.1. The van der Waals surface area contributed by atoms with E-state index in [0.717, 1.165) is 14.5 Å². The number of ether oxygens (including phenoxy) is 2. The van der Waals surface area contributed by atoms with Crippen LogP contribution in [-0.2, 0) is 6.54 Å². The molecule has 1 aliphatic heterocycles. The first kappa shape index (κ1) is 14.4. The van der Waals surface area contributed by atoms with Crippen LogP contribution in [0.2, 0.25) is 0 Å². The van der Waals surface area contributed by atoms with Gasteiger partial charge in [-0.25, -0.2) is 0 Å². The van der Waals surface area contributed by atoms with Crippen molar-refractivity contribution in [2.45, 2.75) is 6.54 Å². The quantitative estimate of drug-likeness (QED) is 0.832. The van der Waals surface area contributed by atoms with E-state index in [-0.39, 0.29) is 12.7 Å². The summed E-state index contributed by atoms with van der Waals surface area (Å²) in [5, 5.41) is 2.89. The molecule has 2 aromatic rings. The third-order valence-corrected chi connectivity index (χ3v) is 4.28. The molecule has 0 aromatic heterocycles. The number of benzene rings is 2. The first-order valence-corrected chi connectivity index (χ1v) is 7.84. The molecule has 0 saturated carbocycles. The summed E-state index contributed by atoms with van der Waals surface area (Å²) in [5.41, 5.74) is 1.47. The standard InChI is InChI=1S/C15H11Br2NO3/c16-10-4-5-12(17)11(6-10)15(19)18-7-9-2-1-3-13-14(9)21-8-20-13/h1-6H,7-8H2,(H,18,19). The summed E-state index contributed by atoms with van der Waals surface area (Å²) < 4.78 is 12.3. The minimum atomic E-state index is -0.153. The van der Waals surface area contributed by atoms with E-state index in [1.54, 1.807) is 6.07 Å². The monoisotopic (exact) mass is 411 g/mol. The maximum absolute atomic E-state index is 12.3. The van der Waals surface area contributed by atoms with Gasteiger partial charge < -0.3 is 14.8 Å². The van der Waals surface area contributed by atoms with Crippen molar-refractivity contribution >= 4 is 37.8 Å². The highest BCUT2D eigenvalue weighted by molar-refractivity contribution is 9.11. The topological polar surface area (TPSA) is 47.6 Å². The number of carbonyl (C=O) groups is 1. The summed E-state index contributed by atoms with van der Waals surface area (Å²) >= 11 is 6.74. The molecule has 0 bridgehead atoms. The Bertz CT molecular complexity index is 703. The maximum Gasteiger partial charge on any atom is 0.252 e. The average Bonchev–Trinajstić information content (AvgIpc) is 2.96. The maximum atomic E-state index is 12.3. The van der Waals surface area contributed by atoms with Crippen molar-refractivity contribution in [3.8, 4) is 11.5 Å². The fraction of sp³-hybridized carbons (Fsp3) is 0.133. The summed E-state index contributed by atoms with van der Waals surface area (Å²) in [6.45, 7) is 0.599. The Hall–Kier alpha value is -1.53. The van der Waals surface area contributed by atoms with Crippen LogP contribution in [0.25, 0.3) is 0 Å². The number of carbonyl (C=O) groups excluding carboxylic acids is 1. The van der Waals surface area contributed by atoms with Gasteiger partial charge in [0.2, 0.25) is 6.79 Å². The summed E-state index contributed by atoms with van der Waals surface area (Å²) in [4.78, 5) is 12.3. The van der Waals surface area contributed by atoms with Crippen molar-refractivity contribution in [3.63, 3.8) is 0 Å². The SMILES string of the molecule is O=C(NCc1cccc2c1OCO2)c1cc(Br)ccc1Br. The lowest BCUT2D eigenvalue weighted by Crippen LogP contribution is -2.23. The summed E-state index contributed by atoms with van der Waals surface area (Å²) in [6, 6.07) is 11.1. The van der Waals surface area contributed by atoms with E-state index in [1.165, 1.54) is 0 Å². The molecule has 2 aromatic carbocycles. The zero-order valence-corrected chi connectivity index (χ0v) is 14.0. The Morgan fingerprint density at radius 3 is 2.90 bits per heavy atom. The van der Waals surface area contributed by atoms with Gasteiger partial charge in [-0.15, -0.1) is 0 Å². The molecule has 1 amide bonds. The number of fused-ring (bicyclic) bond motifs is 1. The number of rotatable bonds is 3. The Balaban J connectivity index is 1.75. The molecule has 21 heavy (non-hydrogen) atoms. The van der Waals surface area contributed by atoms with E-state index in [9.17, 15) is 4.79 Å². The van der Waals surface area contributed by atoms with Crippen LogP contribution in [-0.4, -0.2) is 12.7 Å². The lowest BCUT2D eigenvalue weighted by molar-refractivity contribution is 0.0950. The van der Waals surface area contributed by atoms with E-state index in [1.807, 2.05) is 30.3 Å². The van der Waals surface area contributed by atoms with E-state index < -0.39 is 0 Å². The van der Waals surface area contributed by atoms with Crippen molar-refractivity contribution < 1.29 is 14.3 Å². The Kier molecular flexibility index (Phi) is 4.17. The summed E-state index contributed by atoms with van der Waals surface area (Å²) in [6.07, 6.45) is 0. The van der Waals surface area contributed by atoms with Gasteiger partial charge in [0.15, 0.2) is 11.5 Å². The van der Waals surface area contributed by atoms with Gasteiger partial charge in [-0.2, -0.15) is 0 Å². The van der Waals surface area contributed by atoms with Crippen LogP contribution >= 0.6 is 31.9 Å². The molecule has 0 spiro atoms. The summed E-state index contributed by atoms with van der Waals surface area (Å²) in [7, 11) is 0. The van der Waals surface area contributed by atoms with E-state index in [2.05, 4.69) is 37.2 Å². The van der Waals surface area contributed by atoms with E-state index >= 15 is 0 Å². The first-order valence-electron chi connectivity index (χ1n) is 6.26. The molecule has 1 aliphatic rings. The first-order chi connectivity index (χ1) is 10.1. The molecule has 0 aliphatic carbocycles. The van der Waals surface area contributed by atoms with Crippen LogP contribution in [0.4, 0.5) is 0 Å². The Morgan fingerprint density at radius 2 is 2.05 bits per heavy atom. The lowest BCUT2D eigenvalue weighted by Gasteiger charge is -2.09. The van der Waals surface area contributed by atoms with Crippen molar-refractivity contribution in [1.82, 2.24) is 5.32 Å². The highest BCUT2D eigenvalue weighted by atomic mass is 79.9. The second-order valence-corrected chi connectivity index (χ2v) is 6.23. The zero-order valence-electron chi connectivity index (χ0n) is 10.9. The van der Waals surface area contributed by atoms with E-state index in [4.69, 9.17) is 9.47 Å². The minimum absolute atomic E-state index is 0.153. The summed E-state index contributed by atoms with van der Waals surface area (Å²) in [5.74, 6) is 1.26. The molecular formula is C15H11Br2NO3. The molecular weight excluding hydrogens is 402 g/mol. The molecule has 0 atom stereocenters. The predicted molar refractivity (Wildman–Crippen MR) is 85.6 cm³/mol. The van der Waals surface area contributed by atoms with Gasteiger partial charge in [0, 0.05) is 21.1 Å². The second kappa shape index (κ2) is 6.07. The number of hydrogen-bond donors (Lipinski definition) is 1. The molecule has 0 fully saturated rings. The molecule has 0 saturated heterocycles. The van der Waals surface area contributed by atoms with Crippen LogP contribution in [0.5, 0.6) is 11.5 Å². The van der Waals surface area contributed by atoms with Crippen LogP contribution in [0.1, 0.15) is 15.9 Å². The van der Waals surface area contributed by atoms with Gasteiger partial charge in [0.05, 0.1) is 5.56 Å². The van der Waals surface area contributed by atoms with Crippen LogP contribution in [0.3, 0.4) is 0 Å². The minimum Gasteiger partial charge on any atom is -0.454 e. The molecule has 108 valence electrons. The number of halogens is 2. The Morgan fingerprint density at radius 1 is 1.19 bits per heavy atom. The van der Waals surface area contributed by atoms with Crippen molar-refractivity contribution in [3.05, 3.63) is 56.5 Å². The number of hydrogen-bond acceptors (Lipinski definition) is 3. The van der Waals surface area contributed by atoms with Gasteiger partial charge in [-0.05, 0) is 40.2 Å². The van der Waals surface area contributed by atoms with Gasteiger partial charge in [0.25, 0.3) is 5.91 Å². The smallest absolute Gasteiger partial charge is 0.252 e. The highest BCUT2D eigenvalue weighted by Gasteiger charge is 2.18. The molecule has 4 nitrogen and oxygen atoms in total. The van der Waals surface area contributed by atoms with Crippen LogP contribution in [0.15, 0.2) is 45.3 Å². The average molecular weight is 413 g/mol. The highest BCUT2D eigenvalue weighted by Crippen LogP contribution is 2.35. The van der Waals surface area contributed by atoms with Gasteiger partial charge in [-0.1, -0.05) is 28.1 Å². The number of amides is 1. The largest absolute Gasteiger partial charge is 0.454 e. The van der Waals surface area contributed by atoms with Crippen molar-refractivity contribution in [2.75, 3.05) is 6.79 Å². The molecule has 1 N–H and O–H groups in total. The third-order valence-electron chi connectivity index (χ3n) is 3.09. The number of para-hydroxylation sites is 1. The van der Waals surface area contributed by atoms with Gasteiger partial charge >= 0.3 is 0 Å². The molecule has 1 heterocycles. The van der Waals surface area contributed by atoms with Crippen molar-refractivity contribution in [1.29, 1.82) is 0 Å². The third kappa shape index (κ3) is 3.06. The fourth-order valence-electron chi connectivity index (χ4n) is 2.07.